The van der Waals surface area contributed by atoms with Gasteiger partial charge in [-0.05, 0) is 19.1 Å². The van der Waals surface area contributed by atoms with Gasteiger partial charge in [0.1, 0.15) is 11.6 Å². The van der Waals surface area contributed by atoms with Gasteiger partial charge in [0.25, 0.3) is 0 Å². The number of carboxylic acids is 1. The van der Waals surface area contributed by atoms with Gasteiger partial charge in [-0.2, -0.15) is 5.10 Å². The van der Waals surface area contributed by atoms with Crippen LogP contribution in [0.25, 0.3) is 11.3 Å². The predicted octanol–water partition coefficient (Wildman–Crippen LogP) is 2.24. The van der Waals surface area contributed by atoms with Gasteiger partial charge in [-0.15, -0.1) is 0 Å². The Balaban J connectivity index is 2.65. The van der Waals surface area contributed by atoms with Crippen LogP contribution >= 0.6 is 0 Å². The highest BCUT2D eigenvalue weighted by molar-refractivity contribution is 5.87. The SMILES string of the molecule is COc1cc(F)cc(-c2cc(C(=O)O)nn2C)c1C. The van der Waals surface area contributed by atoms with Crippen molar-refractivity contribution >= 4 is 5.97 Å². The number of aromatic nitrogens is 2. The molecular weight excluding hydrogens is 251 g/mol. The number of ether oxygens (including phenoxy) is 1. The third kappa shape index (κ3) is 2.29. The number of nitrogens with zero attached hydrogens (tertiary/aromatic N) is 2. The number of aromatic carboxylic acids is 1. The highest BCUT2D eigenvalue weighted by Crippen LogP contribution is 2.31. The van der Waals surface area contributed by atoms with Gasteiger partial charge in [0, 0.05) is 24.2 Å². The van der Waals surface area contributed by atoms with E-state index >= 15 is 0 Å². The van der Waals surface area contributed by atoms with Gasteiger partial charge in [-0.3, -0.25) is 4.68 Å². The van der Waals surface area contributed by atoms with Crippen LogP contribution in [0.15, 0.2) is 18.2 Å². The molecule has 0 fully saturated rings. The van der Waals surface area contributed by atoms with Crippen molar-refractivity contribution in [3.8, 4) is 17.0 Å². The van der Waals surface area contributed by atoms with E-state index in [2.05, 4.69) is 5.10 Å². The molecule has 1 aromatic heterocycles. The zero-order chi connectivity index (χ0) is 14.2. The predicted molar refractivity (Wildman–Crippen MR) is 66.9 cm³/mol. The minimum absolute atomic E-state index is 0.0832. The summed E-state index contributed by atoms with van der Waals surface area (Å²) in [6.45, 7) is 1.78. The average Bonchev–Trinajstić information content (AvgIpc) is 2.74. The highest BCUT2D eigenvalue weighted by Gasteiger charge is 2.16. The molecule has 0 amide bonds. The van der Waals surface area contributed by atoms with Crippen molar-refractivity contribution in [3.05, 3.63) is 35.3 Å². The van der Waals surface area contributed by atoms with Crippen LogP contribution < -0.4 is 4.74 Å². The van der Waals surface area contributed by atoms with Gasteiger partial charge in [-0.25, -0.2) is 9.18 Å². The summed E-state index contributed by atoms with van der Waals surface area (Å²) in [6, 6.07) is 4.03. The topological polar surface area (TPSA) is 64.3 Å². The van der Waals surface area contributed by atoms with E-state index < -0.39 is 11.8 Å². The molecule has 2 aromatic rings. The molecule has 0 atom stereocenters. The van der Waals surface area contributed by atoms with Gasteiger partial charge in [0.05, 0.1) is 12.8 Å². The van der Waals surface area contributed by atoms with E-state index in [1.54, 1.807) is 14.0 Å². The van der Waals surface area contributed by atoms with Crippen LogP contribution in [0.4, 0.5) is 4.39 Å². The van der Waals surface area contributed by atoms with Crippen LogP contribution in [0.1, 0.15) is 16.1 Å². The average molecular weight is 264 g/mol. The molecule has 100 valence electrons. The molecule has 0 bridgehead atoms. The molecule has 0 aliphatic heterocycles. The first-order chi connectivity index (χ1) is 8.93. The first-order valence-electron chi connectivity index (χ1n) is 5.56. The molecule has 1 heterocycles. The molecule has 0 unspecified atom stereocenters. The number of hydrogen-bond acceptors (Lipinski definition) is 3. The third-order valence-electron chi connectivity index (χ3n) is 2.92. The summed E-state index contributed by atoms with van der Waals surface area (Å²) in [6.07, 6.45) is 0. The Kier molecular flexibility index (Phi) is 3.25. The molecule has 19 heavy (non-hydrogen) atoms. The number of carboxylic acid groups (broad SMARTS) is 1. The standard InChI is InChI=1S/C13H13FN2O3/c1-7-9(4-8(14)5-12(7)19-3)11-6-10(13(17)18)15-16(11)2/h4-6H,1-3H3,(H,17,18). The zero-order valence-corrected chi connectivity index (χ0v) is 10.8. The Morgan fingerprint density at radius 2 is 2.11 bits per heavy atom. The fourth-order valence-electron chi connectivity index (χ4n) is 1.96. The number of halogens is 1. The van der Waals surface area contributed by atoms with E-state index in [1.165, 1.54) is 30.0 Å². The third-order valence-corrected chi connectivity index (χ3v) is 2.92. The summed E-state index contributed by atoms with van der Waals surface area (Å²) in [5, 5.41) is 12.8. The molecule has 6 heteroatoms. The summed E-state index contributed by atoms with van der Waals surface area (Å²) >= 11 is 0. The van der Waals surface area contributed by atoms with Gasteiger partial charge >= 0.3 is 5.97 Å². The van der Waals surface area contributed by atoms with Crippen LogP contribution in [0.3, 0.4) is 0 Å². The number of carbonyl (C=O) groups is 1. The normalized spacial score (nSPS) is 10.5. The number of benzene rings is 1. The summed E-state index contributed by atoms with van der Waals surface area (Å²) in [5.74, 6) is -1.16. The van der Waals surface area contributed by atoms with E-state index in [0.717, 1.165) is 5.56 Å². The molecule has 0 aliphatic carbocycles. The minimum Gasteiger partial charge on any atom is -0.496 e. The summed E-state index contributed by atoms with van der Waals surface area (Å²) in [4.78, 5) is 10.9. The van der Waals surface area contributed by atoms with Crippen LogP contribution in [-0.2, 0) is 7.05 Å². The minimum atomic E-state index is -1.12. The maximum absolute atomic E-state index is 13.6. The fourth-order valence-corrected chi connectivity index (χ4v) is 1.96. The molecule has 1 aromatic carbocycles. The van der Waals surface area contributed by atoms with Crippen molar-refractivity contribution in [2.24, 2.45) is 7.05 Å². The second-order valence-electron chi connectivity index (χ2n) is 4.12. The van der Waals surface area contributed by atoms with Gasteiger partial charge in [-0.1, -0.05) is 0 Å². The molecule has 0 saturated heterocycles. The lowest BCUT2D eigenvalue weighted by Crippen LogP contribution is -2.00. The number of methoxy groups -OCH3 is 1. The monoisotopic (exact) mass is 264 g/mol. The van der Waals surface area contributed by atoms with Crippen molar-refractivity contribution in [3.63, 3.8) is 0 Å². The van der Waals surface area contributed by atoms with E-state index in [0.29, 0.717) is 17.0 Å². The second-order valence-corrected chi connectivity index (χ2v) is 4.12. The molecule has 5 nitrogen and oxygen atoms in total. The lowest BCUT2D eigenvalue weighted by atomic mass is 10.0. The Hall–Kier alpha value is -2.37. The maximum atomic E-state index is 13.6. The van der Waals surface area contributed by atoms with Crippen LogP contribution in [-0.4, -0.2) is 28.0 Å². The molecule has 1 N–H and O–H groups in total. The highest BCUT2D eigenvalue weighted by atomic mass is 19.1. The number of aryl methyl sites for hydroxylation is 1. The van der Waals surface area contributed by atoms with Gasteiger partial charge in [0.15, 0.2) is 5.69 Å². The van der Waals surface area contributed by atoms with Crippen molar-refractivity contribution in [1.82, 2.24) is 9.78 Å². The maximum Gasteiger partial charge on any atom is 0.356 e. The summed E-state index contributed by atoms with van der Waals surface area (Å²) < 4.78 is 20.1. The molecule has 2 rings (SSSR count). The summed E-state index contributed by atoms with van der Waals surface area (Å²) in [7, 11) is 3.07. The van der Waals surface area contributed by atoms with Gasteiger partial charge < -0.3 is 9.84 Å². The second kappa shape index (κ2) is 4.72. The molecular formula is C13H13FN2O3. The number of rotatable bonds is 3. The smallest absolute Gasteiger partial charge is 0.356 e. The van der Waals surface area contributed by atoms with Crippen molar-refractivity contribution in [2.75, 3.05) is 7.11 Å². The largest absolute Gasteiger partial charge is 0.496 e. The first-order valence-corrected chi connectivity index (χ1v) is 5.56. The van der Waals surface area contributed by atoms with E-state index in [9.17, 15) is 9.18 Å². The summed E-state index contributed by atoms with van der Waals surface area (Å²) in [5.41, 5.74) is 1.72. The van der Waals surface area contributed by atoms with Crippen molar-refractivity contribution in [2.45, 2.75) is 6.92 Å². The van der Waals surface area contributed by atoms with E-state index in [1.807, 2.05) is 0 Å². The van der Waals surface area contributed by atoms with Crippen LogP contribution in [0.5, 0.6) is 5.75 Å². The fraction of sp³-hybridized carbons (Fsp3) is 0.231. The van der Waals surface area contributed by atoms with E-state index in [-0.39, 0.29) is 5.69 Å². The lowest BCUT2D eigenvalue weighted by molar-refractivity contribution is 0.0689. The van der Waals surface area contributed by atoms with Crippen LogP contribution in [0, 0.1) is 12.7 Å². The first kappa shape index (κ1) is 13.1. The molecule has 0 aliphatic rings. The quantitative estimate of drug-likeness (QED) is 0.923. The van der Waals surface area contributed by atoms with Gasteiger partial charge in [0.2, 0.25) is 0 Å². The Bertz CT molecular complexity index is 650. The van der Waals surface area contributed by atoms with E-state index in [4.69, 9.17) is 9.84 Å². The Morgan fingerprint density at radius 1 is 1.42 bits per heavy atom. The molecule has 0 spiro atoms. The number of hydrogen-bond donors (Lipinski definition) is 1. The molecule has 0 saturated carbocycles. The lowest BCUT2D eigenvalue weighted by Gasteiger charge is -2.11. The zero-order valence-electron chi connectivity index (χ0n) is 10.8. The Labute approximate surface area is 109 Å². The Morgan fingerprint density at radius 3 is 2.63 bits per heavy atom. The van der Waals surface area contributed by atoms with Crippen LogP contribution in [0.2, 0.25) is 0 Å². The van der Waals surface area contributed by atoms with Crippen molar-refractivity contribution in [1.29, 1.82) is 0 Å². The van der Waals surface area contributed by atoms with Crippen molar-refractivity contribution < 1.29 is 19.0 Å². The molecule has 0 radical (unpaired) electrons.